The fourth-order valence-electron chi connectivity index (χ4n) is 1.54. The van der Waals surface area contributed by atoms with Gasteiger partial charge in [0.25, 0.3) is 0 Å². The first-order chi connectivity index (χ1) is 7.92. The minimum atomic E-state index is -0.203. The molecule has 0 amide bonds. The number of aromatic nitrogens is 1. The van der Waals surface area contributed by atoms with Gasteiger partial charge in [-0.15, -0.1) is 0 Å². The van der Waals surface area contributed by atoms with Crippen LogP contribution in [0.2, 0.25) is 0 Å². The van der Waals surface area contributed by atoms with Crippen LogP contribution in [0.25, 0.3) is 0 Å². The molecule has 1 atom stereocenters. The fourth-order valence-corrected chi connectivity index (χ4v) is 1.54. The van der Waals surface area contributed by atoms with Gasteiger partial charge < -0.3 is 10.1 Å². The zero-order chi connectivity index (χ0) is 12.9. The Bertz CT molecular complexity index is 344. The Morgan fingerprint density at radius 2 is 2.12 bits per heavy atom. The van der Waals surface area contributed by atoms with Crippen LogP contribution in [0.15, 0.2) is 18.3 Å². The highest BCUT2D eigenvalue weighted by Gasteiger charge is 2.13. The summed E-state index contributed by atoms with van der Waals surface area (Å²) in [5.74, 6) is 0.695. The molecule has 1 N–H and O–H groups in total. The van der Waals surface area contributed by atoms with Crippen molar-refractivity contribution in [2.24, 2.45) is 0 Å². The Balaban J connectivity index is 2.71. The summed E-state index contributed by atoms with van der Waals surface area (Å²) in [5, 5.41) is 3.46. The molecule has 0 fully saturated rings. The van der Waals surface area contributed by atoms with E-state index in [4.69, 9.17) is 4.74 Å². The van der Waals surface area contributed by atoms with Gasteiger partial charge >= 0.3 is 0 Å². The van der Waals surface area contributed by atoms with Gasteiger partial charge in [-0.1, -0.05) is 6.92 Å². The highest BCUT2D eigenvalue weighted by atomic mass is 16.5. The van der Waals surface area contributed by atoms with Gasteiger partial charge in [-0.05, 0) is 52.3 Å². The van der Waals surface area contributed by atoms with Crippen molar-refractivity contribution in [3.63, 3.8) is 0 Å². The molecule has 1 aromatic heterocycles. The highest BCUT2D eigenvalue weighted by molar-refractivity contribution is 5.23. The molecule has 1 aromatic rings. The van der Waals surface area contributed by atoms with Crippen molar-refractivity contribution in [1.29, 1.82) is 0 Å². The minimum absolute atomic E-state index is 0.203. The highest BCUT2D eigenvalue weighted by Crippen LogP contribution is 2.20. The van der Waals surface area contributed by atoms with Gasteiger partial charge in [-0.2, -0.15) is 0 Å². The number of rotatable bonds is 5. The van der Waals surface area contributed by atoms with E-state index in [1.165, 1.54) is 5.56 Å². The number of pyridine rings is 1. The summed E-state index contributed by atoms with van der Waals surface area (Å²) in [7, 11) is 0. The quantitative estimate of drug-likeness (QED) is 0.851. The molecule has 3 nitrogen and oxygen atoms in total. The molecule has 1 unspecified atom stereocenters. The molecule has 3 heteroatoms. The van der Waals surface area contributed by atoms with E-state index in [9.17, 15) is 0 Å². The van der Waals surface area contributed by atoms with Crippen LogP contribution in [-0.2, 0) is 0 Å². The van der Waals surface area contributed by atoms with E-state index in [0.29, 0.717) is 11.9 Å². The van der Waals surface area contributed by atoms with E-state index in [1.54, 1.807) is 6.20 Å². The zero-order valence-electron chi connectivity index (χ0n) is 11.6. The van der Waals surface area contributed by atoms with Crippen molar-refractivity contribution in [1.82, 2.24) is 10.3 Å². The smallest absolute Gasteiger partial charge is 0.214 e. The summed E-state index contributed by atoms with van der Waals surface area (Å²) < 4.78 is 5.76. The average molecular weight is 236 g/mol. The summed E-state index contributed by atoms with van der Waals surface area (Å²) in [6, 6.07) is 4.38. The van der Waals surface area contributed by atoms with Gasteiger partial charge in [0, 0.05) is 18.3 Å². The number of ether oxygens (including phenoxy) is 1. The van der Waals surface area contributed by atoms with Crippen LogP contribution in [0.1, 0.15) is 52.6 Å². The van der Waals surface area contributed by atoms with Gasteiger partial charge in [0.1, 0.15) is 5.60 Å². The Kier molecular flexibility index (Phi) is 4.94. The molecule has 0 saturated heterocycles. The molecule has 0 aliphatic rings. The maximum Gasteiger partial charge on any atom is 0.214 e. The van der Waals surface area contributed by atoms with Crippen LogP contribution in [0.3, 0.4) is 0 Å². The molecule has 0 saturated carbocycles. The predicted octanol–water partition coefficient (Wildman–Crippen LogP) is 3.32. The van der Waals surface area contributed by atoms with E-state index < -0.39 is 0 Å². The van der Waals surface area contributed by atoms with Crippen molar-refractivity contribution in [3.05, 3.63) is 23.9 Å². The summed E-state index contributed by atoms with van der Waals surface area (Å²) in [6.45, 7) is 11.4. The molecule has 0 radical (unpaired) electrons. The molecule has 1 rings (SSSR count). The molecule has 0 aromatic carbocycles. The fraction of sp³-hybridized carbons (Fsp3) is 0.643. The number of nitrogens with zero attached hydrogens (tertiary/aromatic N) is 1. The van der Waals surface area contributed by atoms with Crippen molar-refractivity contribution < 1.29 is 4.74 Å². The number of hydrogen-bond donors (Lipinski definition) is 1. The number of nitrogens with one attached hydrogen (secondary N) is 1. The summed E-state index contributed by atoms with van der Waals surface area (Å²) in [6.07, 6.45) is 2.95. The minimum Gasteiger partial charge on any atom is -0.472 e. The monoisotopic (exact) mass is 236 g/mol. The Hall–Kier alpha value is -1.09. The molecule has 0 aliphatic heterocycles. The third-order valence-corrected chi connectivity index (χ3v) is 2.37. The van der Waals surface area contributed by atoms with E-state index >= 15 is 0 Å². The lowest BCUT2D eigenvalue weighted by Gasteiger charge is -2.21. The van der Waals surface area contributed by atoms with Crippen LogP contribution >= 0.6 is 0 Å². The SMILES string of the molecule is CCCNC(C)c1ccnc(OC(C)(C)C)c1. The lowest BCUT2D eigenvalue weighted by Crippen LogP contribution is -2.24. The zero-order valence-corrected chi connectivity index (χ0v) is 11.6. The van der Waals surface area contributed by atoms with Crippen LogP contribution in [-0.4, -0.2) is 17.1 Å². The molecule has 1 heterocycles. The van der Waals surface area contributed by atoms with Gasteiger partial charge in [0.15, 0.2) is 0 Å². The van der Waals surface area contributed by atoms with E-state index in [0.717, 1.165) is 13.0 Å². The van der Waals surface area contributed by atoms with Crippen LogP contribution < -0.4 is 10.1 Å². The maximum atomic E-state index is 5.76. The Morgan fingerprint density at radius 1 is 1.41 bits per heavy atom. The lowest BCUT2D eigenvalue weighted by atomic mass is 10.1. The van der Waals surface area contributed by atoms with Crippen LogP contribution in [0.5, 0.6) is 5.88 Å². The normalized spacial score (nSPS) is 13.5. The van der Waals surface area contributed by atoms with Crippen LogP contribution in [0.4, 0.5) is 0 Å². The van der Waals surface area contributed by atoms with Crippen molar-refractivity contribution in [2.45, 2.75) is 52.7 Å². The first-order valence-corrected chi connectivity index (χ1v) is 6.30. The van der Waals surface area contributed by atoms with Crippen molar-refractivity contribution >= 4 is 0 Å². The van der Waals surface area contributed by atoms with E-state index in [1.807, 2.05) is 32.9 Å². The third-order valence-electron chi connectivity index (χ3n) is 2.37. The molecule has 0 bridgehead atoms. The molecule has 0 aliphatic carbocycles. The first kappa shape index (κ1) is 14.0. The summed E-state index contributed by atoms with van der Waals surface area (Å²) in [5.41, 5.74) is 1.01. The first-order valence-electron chi connectivity index (χ1n) is 6.30. The average Bonchev–Trinajstić information content (AvgIpc) is 2.24. The second-order valence-electron chi connectivity index (χ2n) is 5.32. The topological polar surface area (TPSA) is 34.2 Å². The van der Waals surface area contributed by atoms with Gasteiger partial charge in [-0.3, -0.25) is 0 Å². The molecular formula is C14H24N2O. The molecule has 17 heavy (non-hydrogen) atoms. The van der Waals surface area contributed by atoms with Gasteiger partial charge in [0.05, 0.1) is 0 Å². The maximum absolute atomic E-state index is 5.76. The molecule has 0 spiro atoms. The Labute approximate surface area is 105 Å². The van der Waals surface area contributed by atoms with Gasteiger partial charge in [-0.25, -0.2) is 4.98 Å². The predicted molar refractivity (Wildman–Crippen MR) is 71.3 cm³/mol. The molecular weight excluding hydrogens is 212 g/mol. The third kappa shape index (κ3) is 5.18. The number of hydrogen-bond acceptors (Lipinski definition) is 3. The summed E-state index contributed by atoms with van der Waals surface area (Å²) in [4.78, 5) is 4.24. The standard InChI is InChI=1S/C14H24N2O/c1-6-8-15-11(2)12-7-9-16-13(10-12)17-14(3,4)5/h7,9-11,15H,6,8H2,1-5H3. The lowest BCUT2D eigenvalue weighted by molar-refractivity contribution is 0.124. The van der Waals surface area contributed by atoms with Crippen molar-refractivity contribution in [2.75, 3.05) is 6.54 Å². The second kappa shape index (κ2) is 6.01. The van der Waals surface area contributed by atoms with Crippen molar-refractivity contribution in [3.8, 4) is 5.88 Å². The van der Waals surface area contributed by atoms with E-state index in [-0.39, 0.29) is 5.60 Å². The van der Waals surface area contributed by atoms with Gasteiger partial charge in [0.2, 0.25) is 5.88 Å². The Morgan fingerprint density at radius 3 is 2.71 bits per heavy atom. The summed E-state index contributed by atoms with van der Waals surface area (Å²) >= 11 is 0. The molecule has 96 valence electrons. The van der Waals surface area contributed by atoms with Crippen LogP contribution in [0, 0.1) is 0 Å². The largest absolute Gasteiger partial charge is 0.472 e. The second-order valence-corrected chi connectivity index (χ2v) is 5.32. The van der Waals surface area contributed by atoms with E-state index in [2.05, 4.69) is 24.1 Å².